The van der Waals surface area contributed by atoms with Gasteiger partial charge >= 0.3 is 18.9 Å². The summed E-state index contributed by atoms with van der Waals surface area (Å²) < 4.78 is 21.6. The number of nitrogens with one attached hydrogen (secondary N) is 1. The molecule has 0 aliphatic carbocycles. The molecule has 0 radical (unpaired) electrons. The van der Waals surface area contributed by atoms with Crippen LogP contribution < -0.4 is 29.3 Å². The van der Waals surface area contributed by atoms with Crippen LogP contribution in [-0.4, -0.2) is 40.4 Å². The van der Waals surface area contributed by atoms with Crippen molar-refractivity contribution >= 4 is 48.1 Å². The van der Waals surface area contributed by atoms with Gasteiger partial charge in [-0.05, 0) is 42.4 Å². The van der Waals surface area contributed by atoms with Crippen molar-refractivity contribution in [1.29, 1.82) is 0 Å². The van der Waals surface area contributed by atoms with E-state index in [1.54, 1.807) is 18.3 Å². The Hall–Kier alpha value is -2.75. The standard InChI is InChI=1S/C24H25ClFN5O3Si.Li/c1-35(2,3)9-8-34-14-31-22(24(32)33)12-18-20(6-7-27-23(18)31)29-16-11-21(30-28-13-16)17-10-15(25)4-5-19(17)26;/h4-7,10-13H,8-9,14H2,1-3H3,(H,32,33)(H,27,29,30);/q;+1/p-1. The molecule has 3 aromatic heterocycles. The van der Waals surface area contributed by atoms with E-state index in [9.17, 15) is 14.3 Å². The Morgan fingerprint density at radius 2 is 2.00 bits per heavy atom. The van der Waals surface area contributed by atoms with Gasteiger partial charge < -0.3 is 24.5 Å². The predicted molar refractivity (Wildman–Crippen MR) is 134 cm³/mol. The minimum Gasteiger partial charge on any atom is -0.543 e. The molecule has 12 heteroatoms. The molecule has 0 spiro atoms. The first-order valence-corrected chi connectivity index (χ1v) is 15.0. The number of carbonyl (C=O) groups excluding carboxylic acids is 1. The molecule has 4 rings (SSSR count). The summed E-state index contributed by atoms with van der Waals surface area (Å²) in [6.07, 6.45) is 3.04. The second kappa shape index (κ2) is 11.5. The quantitative estimate of drug-likeness (QED) is 0.265. The number of halogens is 2. The van der Waals surface area contributed by atoms with Gasteiger partial charge in [-0.15, -0.1) is 0 Å². The molecule has 8 nitrogen and oxygen atoms in total. The largest absolute Gasteiger partial charge is 1.00 e. The molecule has 0 aliphatic heterocycles. The Morgan fingerprint density at radius 3 is 2.72 bits per heavy atom. The smallest absolute Gasteiger partial charge is 0.543 e. The zero-order chi connectivity index (χ0) is 25.2. The summed E-state index contributed by atoms with van der Waals surface area (Å²) in [7, 11) is -1.29. The molecular formula is C24H24ClFLiN5O3Si. The first-order chi connectivity index (χ1) is 16.6. The fraction of sp³-hybridized carbons (Fsp3) is 0.250. The van der Waals surface area contributed by atoms with Crippen molar-refractivity contribution in [1.82, 2.24) is 19.7 Å². The van der Waals surface area contributed by atoms with E-state index in [1.807, 2.05) is 0 Å². The van der Waals surface area contributed by atoms with Crippen LogP contribution in [0.15, 0.2) is 48.8 Å². The number of ether oxygens (including phenoxy) is 1. The molecule has 0 atom stereocenters. The van der Waals surface area contributed by atoms with Crippen LogP contribution in [0.25, 0.3) is 22.3 Å². The zero-order valence-corrected chi connectivity index (χ0v) is 22.3. The maximum Gasteiger partial charge on any atom is 1.00 e. The van der Waals surface area contributed by atoms with Gasteiger partial charge in [-0.2, -0.15) is 10.2 Å². The summed E-state index contributed by atoms with van der Waals surface area (Å²) in [6, 6.07) is 9.98. The van der Waals surface area contributed by atoms with Crippen LogP contribution in [0.4, 0.5) is 15.8 Å². The van der Waals surface area contributed by atoms with E-state index in [0.29, 0.717) is 39.7 Å². The van der Waals surface area contributed by atoms with Crippen LogP contribution in [0.2, 0.25) is 30.7 Å². The third-order valence-electron chi connectivity index (χ3n) is 5.36. The van der Waals surface area contributed by atoms with E-state index in [4.69, 9.17) is 16.3 Å². The topological polar surface area (TPSA) is 105 Å². The number of rotatable bonds is 9. The second-order valence-corrected chi connectivity index (χ2v) is 15.3. The van der Waals surface area contributed by atoms with Crippen LogP contribution in [0, 0.1) is 5.82 Å². The van der Waals surface area contributed by atoms with Gasteiger partial charge in [0.05, 0.1) is 34.9 Å². The number of hydrogen-bond acceptors (Lipinski definition) is 7. The number of anilines is 2. The normalized spacial score (nSPS) is 11.4. The molecule has 0 aliphatic rings. The van der Waals surface area contributed by atoms with E-state index < -0.39 is 19.9 Å². The number of carbonyl (C=O) groups is 1. The monoisotopic (exact) mass is 519 g/mol. The number of aromatic carboxylic acids is 1. The van der Waals surface area contributed by atoms with Gasteiger partial charge in [0.25, 0.3) is 0 Å². The van der Waals surface area contributed by atoms with E-state index in [1.165, 1.54) is 35.0 Å². The van der Waals surface area contributed by atoms with Crippen molar-refractivity contribution in [2.24, 2.45) is 0 Å². The molecular weight excluding hydrogens is 496 g/mol. The predicted octanol–water partition coefficient (Wildman–Crippen LogP) is 1.71. The first-order valence-electron chi connectivity index (χ1n) is 10.9. The molecule has 0 saturated heterocycles. The van der Waals surface area contributed by atoms with Gasteiger partial charge in [0.2, 0.25) is 0 Å². The second-order valence-electron chi connectivity index (χ2n) is 9.27. The van der Waals surface area contributed by atoms with E-state index in [2.05, 4.69) is 40.1 Å². The molecule has 3 heterocycles. The maximum absolute atomic E-state index is 14.3. The average molecular weight is 520 g/mol. The van der Waals surface area contributed by atoms with E-state index in [-0.39, 0.29) is 36.8 Å². The van der Waals surface area contributed by atoms with Crippen molar-refractivity contribution in [3.05, 3.63) is 65.3 Å². The van der Waals surface area contributed by atoms with Crippen LogP contribution in [0.1, 0.15) is 10.5 Å². The minimum atomic E-state index is -1.33. The van der Waals surface area contributed by atoms with Crippen LogP contribution in [0.5, 0.6) is 0 Å². The number of fused-ring (bicyclic) bond motifs is 1. The van der Waals surface area contributed by atoms with E-state index in [0.717, 1.165) is 6.04 Å². The number of pyridine rings is 1. The van der Waals surface area contributed by atoms with Crippen molar-refractivity contribution in [3.8, 4) is 11.3 Å². The number of carboxylic acid groups (broad SMARTS) is 1. The van der Waals surface area contributed by atoms with Gasteiger partial charge in [-0.1, -0.05) is 31.2 Å². The molecule has 4 aromatic rings. The molecule has 1 N–H and O–H groups in total. The van der Waals surface area contributed by atoms with Gasteiger partial charge in [0.15, 0.2) is 0 Å². The minimum absolute atomic E-state index is 0. The number of aromatic nitrogens is 4. The summed E-state index contributed by atoms with van der Waals surface area (Å²) in [5.41, 5.74) is 2.02. The summed E-state index contributed by atoms with van der Waals surface area (Å²) in [5.74, 6) is -1.80. The number of benzene rings is 1. The molecule has 0 fully saturated rings. The fourth-order valence-electron chi connectivity index (χ4n) is 3.51. The Labute approximate surface area is 226 Å². The Morgan fingerprint density at radius 1 is 1.22 bits per heavy atom. The maximum atomic E-state index is 14.3. The number of carboxylic acids is 1. The third-order valence-corrected chi connectivity index (χ3v) is 7.30. The average Bonchev–Trinajstić information content (AvgIpc) is 3.18. The van der Waals surface area contributed by atoms with Gasteiger partial charge in [-0.25, -0.2) is 9.37 Å². The third kappa shape index (κ3) is 6.52. The van der Waals surface area contributed by atoms with Crippen molar-refractivity contribution in [2.75, 3.05) is 11.9 Å². The fourth-order valence-corrected chi connectivity index (χ4v) is 4.44. The summed E-state index contributed by atoms with van der Waals surface area (Å²) in [5, 5.41) is 23.9. The van der Waals surface area contributed by atoms with Gasteiger partial charge in [0.1, 0.15) is 18.2 Å². The van der Waals surface area contributed by atoms with Gasteiger partial charge in [0, 0.05) is 36.8 Å². The summed E-state index contributed by atoms with van der Waals surface area (Å²) >= 11 is 6.01. The number of hydrogen-bond donors (Lipinski definition) is 1. The van der Waals surface area contributed by atoms with Crippen LogP contribution >= 0.6 is 11.6 Å². The summed E-state index contributed by atoms with van der Waals surface area (Å²) in [4.78, 5) is 16.2. The van der Waals surface area contributed by atoms with Gasteiger partial charge in [-0.3, -0.25) is 0 Å². The molecule has 0 bridgehead atoms. The van der Waals surface area contributed by atoms with Crippen LogP contribution in [0.3, 0.4) is 0 Å². The van der Waals surface area contributed by atoms with Crippen LogP contribution in [-0.2, 0) is 11.5 Å². The first kappa shape index (κ1) is 27.8. The molecule has 1 aromatic carbocycles. The van der Waals surface area contributed by atoms with Crippen molar-refractivity contribution < 1.29 is 37.9 Å². The van der Waals surface area contributed by atoms with E-state index >= 15 is 0 Å². The summed E-state index contributed by atoms with van der Waals surface area (Å²) in [6.45, 7) is 7.31. The Bertz CT molecular complexity index is 1400. The SMILES string of the molecule is C[Si](C)(C)CCOCn1c(C(=O)[O-])cc2c(Nc3cnnc(-c4cc(Cl)ccc4F)c3)ccnc21.[Li+]. The Kier molecular flexibility index (Phi) is 8.92. The molecule has 0 saturated carbocycles. The molecule has 0 amide bonds. The molecule has 0 unspecified atom stereocenters. The number of nitrogens with zero attached hydrogens (tertiary/aromatic N) is 4. The Balaban J connectivity index is 0.00000361. The van der Waals surface area contributed by atoms with Crippen molar-refractivity contribution in [3.63, 3.8) is 0 Å². The van der Waals surface area contributed by atoms with Crippen molar-refractivity contribution in [2.45, 2.75) is 32.4 Å². The molecule has 182 valence electrons. The molecule has 36 heavy (non-hydrogen) atoms. The zero-order valence-electron chi connectivity index (χ0n) is 20.5.